The van der Waals surface area contributed by atoms with Crippen LogP contribution in [0, 0.1) is 13.8 Å². The lowest BCUT2D eigenvalue weighted by molar-refractivity contribution is 0.100. The molecular weight excluding hydrogens is 592 g/mol. The van der Waals surface area contributed by atoms with Crippen LogP contribution < -0.4 is 10.6 Å². The molecule has 6 aromatic rings. The van der Waals surface area contributed by atoms with E-state index < -0.39 is 0 Å². The third kappa shape index (κ3) is 5.82. The Morgan fingerprint density at radius 3 is 2.02 bits per heavy atom. The van der Waals surface area contributed by atoms with Crippen molar-refractivity contribution < 1.29 is 9.59 Å². The Balaban J connectivity index is 1.28. The van der Waals surface area contributed by atoms with Gasteiger partial charge in [-0.05, 0) is 70.4 Å². The molecule has 0 bridgehead atoms. The molecule has 1 aliphatic heterocycles. The van der Waals surface area contributed by atoms with Gasteiger partial charge in [0, 0.05) is 31.7 Å². The number of carbonyl (C=O) groups excluding carboxylic acids is 2. The van der Waals surface area contributed by atoms with E-state index in [1.807, 2.05) is 96.7 Å². The molecule has 7 rings (SSSR count). The van der Waals surface area contributed by atoms with Crippen molar-refractivity contribution in [1.29, 1.82) is 0 Å². The smallest absolute Gasteiger partial charge is 0.276 e. The molecule has 0 spiro atoms. The van der Waals surface area contributed by atoms with Crippen LogP contribution in [0.4, 0.5) is 11.9 Å². The highest BCUT2D eigenvalue weighted by molar-refractivity contribution is 6.04. The molecular formula is C35H38N10O2. The molecule has 2 amide bonds. The van der Waals surface area contributed by atoms with E-state index in [4.69, 9.17) is 15.1 Å². The summed E-state index contributed by atoms with van der Waals surface area (Å²) in [4.78, 5) is 37.1. The normalized spacial score (nSPS) is 15.6. The number of hydrogen-bond acceptors (Lipinski definition) is 6. The van der Waals surface area contributed by atoms with Crippen molar-refractivity contribution in [3.05, 3.63) is 95.1 Å². The van der Waals surface area contributed by atoms with Crippen molar-refractivity contribution in [2.24, 2.45) is 0 Å². The zero-order chi connectivity index (χ0) is 32.5. The molecule has 0 saturated heterocycles. The molecule has 12 nitrogen and oxygen atoms in total. The summed E-state index contributed by atoms with van der Waals surface area (Å²) in [6.07, 6.45) is 7.39. The highest BCUT2D eigenvalue weighted by Gasteiger charge is 2.23. The Labute approximate surface area is 272 Å². The number of aromatic nitrogens is 8. The third-order valence-electron chi connectivity index (χ3n) is 8.70. The van der Waals surface area contributed by atoms with Gasteiger partial charge in [-0.3, -0.25) is 29.6 Å². The summed E-state index contributed by atoms with van der Waals surface area (Å²) in [6, 6.07) is 17.5. The number of anilines is 2. The monoisotopic (exact) mass is 630 g/mol. The topological polar surface area (TPSA) is 129 Å². The number of para-hydroxylation sites is 4. The van der Waals surface area contributed by atoms with Crippen molar-refractivity contribution in [2.75, 3.05) is 10.6 Å². The molecule has 4 aromatic heterocycles. The molecule has 0 unspecified atom stereocenters. The predicted octanol–water partition coefficient (Wildman–Crippen LogP) is 5.90. The molecule has 2 N–H and O–H groups in total. The maximum atomic E-state index is 14.0. The number of amides is 2. The SMILES string of the molecule is CCn1nc(C)c2c1C(=O)Nc1nc3ccccc3n1C/C=C/Cn1c(nc3ccccc31)NC(=O)c1cc(C)nn1CCCCC2. The van der Waals surface area contributed by atoms with E-state index in [2.05, 4.69) is 15.7 Å². The van der Waals surface area contributed by atoms with Gasteiger partial charge in [0.15, 0.2) is 0 Å². The Kier molecular flexibility index (Phi) is 8.15. The van der Waals surface area contributed by atoms with E-state index in [-0.39, 0.29) is 11.8 Å². The van der Waals surface area contributed by atoms with Crippen molar-refractivity contribution in [3.8, 4) is 0 Å². The van der Waals surface area contributed by atoms with Crippen molar-refractivity contribution >= 4 is 45.8 Å². The minimum Gasteiger partial charge on any atom is -0.306 e. The summed E-state index contributed by atoms with van der Waals surface area (Å²) >= 11 is 0. The fourth-order valence-electron chi connectivity index (χ4n) is 6.44. The van der Waals surface area contributed by atoms with E-state index in [9.17, 15) is 9.59 Å². The van der Waals surface area contributed by atoms with Gasteiger partial charge in [0.2, 0.25) is 11.9 Å². The quantitative estimate of drug-likeness (QED) is 0.218. The van der Waals surface area contributed by atoms with Gasteiger partial charge in [0.25, 0.3) is 11.8 Å². The molecule has 5 heterocycles. The second kappa shape index (κ2) is 12.7. The van der Waals surface area contributed by atoms with E-state index >= 15 is 0 Å². The second-order valence-corrected chi connectivity index (χ2v) is 11.9. The number of rotatable bonds is 1. The van der Waals surface area contributed by atoms with Crippen LogP contribution in [0.5, 0.6) is 0 Å². The van der Waals surface area contributed by atoms with E-state index in [1.54, 1.807) is 9.36 Å². The number of aryl methyl sites for hydroxylation is 4. The minimum atomic E-state index is -0.247. The first-order valence-electron chi connectivity index (χ1n) is 16.2. The fourth-order valence-corrected chi connectivity index (χ4v) is 6.44. The van der Waals surface area contributed by atoms with Crippen LogP contribution in [0.25, 0.3) is 22.1 Å². The van der Waals surface area contributed by atoms with E-state index in [1.165, 1.54) is 0 Å². The summed E-state index contributed by atoms with van der Waals surface area (Å²) in [5.41, 5.74) is 7.09. The molecule has 47 heavy (non-hydrogen) atoms. The number of carbonyl (C=O) groups is 2. The number of benzene rings is 2. The molecule has 0 fully saturated rings. The van der Waals surface area contributed by atoms with Gasteiger partial charge < -0.3 is 9.13 Å². The second-order valence-electron chi connectivity index (χ2n) is 11.9. The van der Waals surface area contributed by atoms with Gasteiger partial charge >= 0.3 is 0 Å². The maximum Gasteiger partial charge on any atom is 0.276 e. The Bertz CT molecular complexity index is 2140. The zero-order valence-electron chi connectivity index (χ0n) is 26.9. The summed E-state index contributed by atoms with van der Waals surface area (Å²) in [5, 5.41) is 15.5. The van der Waals surface area contributed by atoms with Crippen molar-refractivity contribution in [1.82, 2.24) is 38.7 Å². The van der Waals surface area contributed by atoms with Gasteiger partial charge in [-0.1, -0.05) is 42.8 Å². The van der Waals surface area contributed by atoms with E-state index in [0.717, 1.165) is 64.7 Å². The van der Waals surface area contributed by atoms with Gasteiger partial charge in [0.05, 0.1) is 33.5 Å². The van der Waals surface area contributed by atoms with Crippen LogP contribution in [0.3, 0.4) is 0 Å². The summed E-state index contributed by atoms with van der Waals surface area (Å²) in [5.74, 6) is 0.481. The molecule has 2 aromatic carbocycles. The Morgan fingerprint density at radius 2 is 1.38 bits per heavy atom. The highest BCUT2D eigenvalue weighted by atomic mass is 16.2. The number of fused-ring (bicyclic) bond motifs is 8. The van der Waals surface area contributed by atoms with Gasteiger partial charge in [-0.2, -0.15) is 10.2 Å². The lowest BCUT2D eigenvalue weighted by Gasteiger charge is -2.11. The predicted molar refractivity (Wildman–Crippen MR) is 182 cm³/mol. The van der Waals surface area contributed by atoms with Crippen LogP contribution in [0.2, 0.25) is 0 Å². The number of allylic oxidation sites excluding steroid dienone is 2. The largest absolute Gasteiger partial charge is 0.306 e. The first kappa shape index (κ1) is 30.2. The standard InChI is InChI=1S/C35H38N10O2/c1-4-44-31-25(24(3)41-44)14-6-5-11-21-45-30(22-23(2)40-45)32(46)38-34-36-26-15-7-9-17-28(26)42(34)19-12-13-20-43-29-18-10-8-16-27(29)37-35(43)39-33(31)47/h7-10,12-13,15-18,22H,4-6,11,14,19-21H2,1-3H3,(H,36,38,46)(H,37,39,47)/b13-12+. The van der Waals surface area contributed by atoms with Gasteiger partial charge in [-0.15, -0.1) is 0 Å². The Hall–Kier alpha value is -5.52. The maximum absolute atomic E-state index is 14.0. The molecule has 0 atom stereocenters. The fraction of sp³-hybridized carbons (Fsp3) is 0.314. The lowest BCUT2D eigenvalue weighted by atomic mass is 10.0. The first-order chi connectivity index (χ1) is 22.9. The zero-order valence-corrected chi connectivity index (χ0v) is 26.9. The molecule has 0 aliphatic carbocycles. The van der Waals surface area contributed by atoms with Gasteiger partial charge in [-0.25, -0.2) is 9.97 Å². The molecule has 0 radical (unpaired) electrons. The summed E-state index contributed by atoms with van der Waals surface area (Å²) in [7, 11) is 0. The molecule has 12 heteroatoms. The minimum absolute atomic E-state index is 0.218. The number of hydrogen-bond donors (Lipinski definition) is 2. The van der Waals surface area contributed by atoms with Crippen LogP contribution in [-0.4, -0.2) is 50.5 Å². The molecule has 0 saturated carbocycles. The van der Waals surface area contributed by atoms with Crippen molar-refractivity contribution in [2.45, 2.75) is 72.6 Å². The average Bonchev–Trinajstić information content (AvgIpc) is 3.80. The molecule has 240 valence electrons. The summed E-state index contributed by atoms with van der Waals surface area (Å²) < 4.78 is 7.56. The first-order valence-corrected chi connectivity index (χ1v) is 16.2. The van der Waals surface area contributed by atoms with Crippen LogP contribution >= 0.6 is 0 Å². The molecule has 1 aliphatic rings. The number of nitrogens with one attached hydrogen (secondary N) is 2. The number of imidazole rings is 2. The van der Waals surface area contributed by atoms with Crippen LogP contribution in [-0.2, 0) is 32.6 Å². The highest BCUT2D eigenvalue weighted by Crippen LogP contribution is 2.24. The summed E-state index contributed by atoms with van der Waals surface area (Å²) in [6.45, 7) is 7.99. The number of nitrogens with zero attached hydrogens (tertiary/aromatic N) is 8. The third-order valence-corrected chi connectivity index (χ3v) is 8.70. The van der Waals surface area contributed by atoms with Crippen molar-refractivity contribution in [3.63, 3.8) is 0 Å². The van der Waals surface area contributed by atoms with Crippen LogP contribution in [0.1, 0.15) is 64.1 Å². The lowest BCUT2D eigenvalue weighted by Crippen LogP contribution is -2.21. The Morgan fingerprint density at radius 1 is 0.766 bits per heavy atom. The average molecular weight is 631 g/mol. The van der Waals surface area contributed by atoms with E-state index in [0.29, 0.717) is 49.5 Å². The van der Waals surface area contributed by atoms with Gasteiger partial charge in [0.1, 0.15) is 11.4 Å². The van der Waals surface area contributed by atoms with Crippen LogP contribution in [0.15, 0.2) is 66.7 Å².